The van der Waals surface area contributed by atoms with Gasteiger partial charge < -0.3 is 14.4 Å². The highest BCUT2D eigenvalue weighted by molar-refractivity contribution is 8.68. The van der Waals surface area contributed by atoms with E-state index in [4.69, 9.17) is 14.5 Å². The third kappa shape index (κ3) is 4.28. The smallest absolute Gasteiger partial charge is 0.142 e. The summed E-state index contributed by atoms with van der Waals surface area (Å²) < 4.78 is 11.4. The van der Waals surface area contributed by atoms with Gasteiger partial charge in [-0.05, 0) is 33.2 Å². The van der Waals surface area contributed by atoms with Crippen molar-refractivity contribution < 1.29 is 9.47 Å². The minimum Gasteiger partial charge on any atom is -0.486 e. The summed E-state index contributed by atoms with van der Waals surface area (Å²) in [4.78, 5) is 6.85. The lowest BCUT2D eigenvalue weighted by Crippen LogP contribution is -2.19. The normalized spacial score (nSPS) is 20.4. The van der Waals surface area contributed by atoms with Crippen molar-refractivity contribution >= 4 is 22.5 Å². The molecule has 1 aromatic rings. The fourth-order valence-corrected chi connectivity index (χ4v) is 2.65. The molecule has 2 rings (SSSR count). The van der Waals surface area contributed by atoms with Crippen LogP contribution in [0, 0.1) is 0 Å². The van der Waals surface area contributed by atoms with Gasteiger partial charge in [-0.25, -0.2) is 0 Å². The van der Waals surface area contributed by atoms with E-state index in [0.29, 0.717) is 6.61 Å². The number of pyridine rings is 1. The quantitative estimate of drug-likeness (QED) is 0.645. The predicted octanol–water partition coefficient (Wildman–Crippen LogP) is 2.95. The van der Waals surface area contributed by atoms with Crippen LogP contribution in [0.2, 0.25) is 0 Å². The van der Waals surface area contributed by atoms with E-state index < -0.39 is 0 Å². The van der Waals surface area contributed by atoms with Crippen LogP contribution in [0.4, 0.5) is 0 Å². The molecule has 0 bridgehead atoms. The van der Waals surface area contributed by atoms with Crippen LogP contribution < -0.4 is 4.74 Å². The highest BCUT2D eigenvalue weighted by atomic mass is 33.1. The van der Waals surface area contributed by atoms with Gasteiger partial charge in [0.15, 0.2) is 0 Å². The molecule has 1 aliphatic heterocycles. The topological polar surface area (TPSA) is 34.6 Å². The molecule has 6 heteroatoms. The van der Waals surface area contributed by atoms with Gasteiger partial charge in [0.05, 0.1) is 29.9 Å². The molecule has 1 aromatic heterocycles. The van der Waals surface area contributed by atoms with Crippen molar-refractivity contribution in [3.8, 4) is 5.75 Å². The lowest BCUT2D eigenvalue weighted by molar-refractivity contribution is 0.139. The van der Waals surface area contributed by atoms with Crippen molar-refractivity contribution in [3.05, 3.63) is 23.5 Å². The van der Waals surface area contributed by atoms with Crippen molar-refractivity contribution in [1.29, 1.82) is 0 Å². The van der Waals surface area contributed by atoms with E-state index in [0.717, 1.165) is 36.7 Å². The molecule has 112 valence electrons. The van der Waals surface area contributed by atoms with E-state index in [2.05, 4.69) is 23.5 Å². The molecule has 1 saturated heterocycles. The summed E-state index contributed by atoms with van der Waals surface area (Å²) in [5.74, 6) is 0.870. The molecule has 0 spiro atoms. The summed E-state index contributed by atoms with van der Waals surface area (Å²) >= 11 is 4.27. The van der Waals surface area contributed by atoms with Gasteiger partial charge in [-0.3, -0.25) is 4.98 Å². The second kappa shape index (κ2) is 7.54. The average molecular weight is 314 g/mol. The summed E-state index contributed by atoms with van der Waals surface area (Å²) in [7, 11) is 5.57. The van der Waals surface area contributed by atoms with Crippen molar-refractivity contribution in [2.45, 2.75) is 31.2 Å². The molecule has 0 saturated carbocycles. The molecule has 2 heterocycles. The van der Waals surface area contributed by atoms with Crippen LogP contribution in [-0.2, 0) is 11.3 Å². The Labute approximate surface area is 130 Å². The Morgan fingerprint density at radius 1 is 1.55 bits per heavy atom. The number of aromatic nitrogens is 1. The number of nitrogens with zero attached hydrogens (tertiary/aromatic N) is 2. The Balaban J connectivity index is 2.19. The van der Waals surface area contributed by atoms with Gasteiger partial charge >= 0.3 is 0 Å². The molecule has 2 atom stereocenters. The van der Waals surface area contributed by atoms with Crippen molar-refractivity contribution in [2.24, 2.45) is 0 Å². The lowest BCUT2D eigenvalue weighted by atomic mass is 10.2. The summed E-state index contributed by atoms with van der Waals surface area (Å²) in [5, 5.41) is 0.267. The number of hydrogen-bond acceptors (Lipinski definition) is 6. The predicted molar refractivity (Wildman–Crippen MR) is 86.5 cm³/mol. The maximum atomic E-state index is 6.04. The van der Waals surface area contributed by atoms with Gasteiger partial charge in [0.25, 0.3) is 0 Å². The standard InChI is InChI=1S/C14H22N2O2S2/c1-10(20-19)12-4-5-14(13(15-12)8-16(2)3)18-11-6-7-17-9-11/h4-5,10-11,19H,6-9H2,1-3H3/t10?,11-/m1/s1. The van der Waals surface area contributed by atoms with E-state index in [1.165, 1.54) is 10.8 Å². The van der Waals surface area contributed by atoms with Gasteiger partial charge in [-0.1, -0.05) is 10.8 Å². The van der Waals surface area contributed by atoms with E-state index in [1.807, 2.05) is 26.2 Å². The summed E-state index contributed by atoms with van der Waals surface area (Å²) in [6, 6.07) is 4.05. The minimum absolute atomic E-state index is 0.153. The monoisotopic (exact) mass is 314 g/mol. The molecule has 20 heavy (non-hydrogen) atoms. The van der Waals surface area contributed by atoms with Crippen LogP contribution in [0.3, 0.4) is 0 Å². The Kier molecular flexibility index (Phi) is 6.01. The van der Waals surface area contributed by atoms with Crippen molar-refractivity contribution in [3.63, 3.8) is 0 Å². The highest BCUT2D eigenvalue weighted by Gasteiger charge is 2.20. The van der Waals surface area contributed by atoms with E-state index >= 15 is 0 Å². The van der Waals surface area contributed by atoms with Crippen LogP contribution >= 0.6 is 22.5 Å². The molecule has 4 nitrogen and oxygen atoms in total. The third-order valence-electron chi connectivity index (χ3n) is 3.18. The van der Waals surface area contributed by atoms with Crippen molar-refractivity contribution in [1.82, 2.24) is 9.88 Å². The molecule has 0 aromatic carbocycles. The maximum absolute atomic E-state index is 6.04. The first-order valence-electron chi connectivity index (χ1n) is 6.79. The van der Waals surface area contributed by atoms with Crippen LogP contribution in [0.25, 0.3) is 0 Å². The SMILES string of the molecule is CC(SS)c1ccc(O[C@@H]2CCOC2)c(CN(C)C)n1. The Morgan fingerprint density at radius 2 is 2.35 bits per heavy atom. The zero-order valence-corrected chi connectivity index (χ0v) is 13.9. The Morgan fingerprint density at radius 3 is 2.95 bits per heavy atom. The minimum atomic E-state index is 0.153. The van der Waals surface area contributed by atoms with Crippen molar-refractivity contribution in [2.75, 3.05) is 27.3 Å². The fraction of sp³-hybridized carbons (Fsp3) is 0.643. The van der Waals surface area contributed by atoms with Gasteiger partial charge in [0.1, 0.15) is 11.9 Å². The van der Waals surface area contributed by atoms with Crippen LogP contribution in [-0.4, -0.2) is 43.3 Å². The lowest BCUT2D eigenvalue weighted by Gasteiger charge is -2.19. The average Bonchev–Trinajstić information content (AvgIpc) is 2.92. The summed E-state index contributed by atoms with van der Waals surface area (Å²) in [5.41, 5.74) is 2.02. The number of ether oxygens (including phenoxy) is 2. The molecule has 0 radical (unpaired) electrons. The zero-order chi connectivity index (χ0) is 14.5. The van der Waals surface area contributed by atoms with Gasteiger partial charge in [0.2, 0.25) is 0 Å². The largest absolute Gasteiger partial charge is 0.486 e. The summed E-state index contributed by atoms with van der Waals surface area (Å²) in [6.45, 7) is 4.32. The third-order valence-corrected chi connectivity index (χ3v) is 4.68. The molecule has 0 N–H and O–H groups in total. The molecule has 1 unspecified atom stereocenters. The van der Waals surface area contributed by atoms with Gasteiger partial charge in [-0.15, -0.1) is 11.7 Å². The molecular weight excluding hydrogens is 292 g/mol. The number of hydrogen-bond donors (Lipinski definition) is 1. The molecule has 1 fully saturated rings. The Hall–Kier alpha value is -0.430. The second-order valence-electron chi connectivity index (χ2n) is 5.27. The van der Waals surface area contributed by atoms with E-state index in [9.17, 15) is 0 Å². The molecule has 0 amide bonds. The van der Waals surface area contributed by atoms with Crippen LogP contribution in [0.1, 0.15) is 30.0 Å². The molecular formula is C14H22N2O2S2. The first-order chi connectivity index (χ1) is 9.60. The number of thiol groups is 1. The Bertz CT molecular complexity index is 437. The molecule has 0 aliphatic carbocycles. The summed E-state index contributed by atoms with van der Waals surface area (Å²) in [6.07, 6.45) is 1.10. The zero-order valence-electron chi connectivity index (χ0n) is 12.2. The van der Waals surface area contributed by atoms with Crippen LogP contribution in [0.15, 0.2) is 12.1 Å². The van der Waals surface area contributed by atoms with E-state index in [-0.39, 0.29) is 11.4 Å². The fourth-order valence-electron chi connectivity index (χ4n) is 2.09. The number of rotatable bonds is 6. The maximum Gasteiger partial charge on any atom is 0.142 e. The van der Waals surface area contributed by atoms with Gasteiger partial charge in [-0.2, -0.15) is 0 Å². The van der Waals surface area contributed by atoms with E-state index in [1.54, 1.807) is 0 Å². The first kappa shape index (κ1) is 15.9. The van der Waals surface area contributed by atoms with Gasteiger partial charge in [0, 0.05) is 13.0 Å². The highest BCUT2D eigenvalue weighted by Crippen LogP contribution is 2.32. The molecule has 1 aliphatic rings. The van der Waals surface area contributed by atoms with Crippen LogP contribution in [0.5, 0.6) is 5.75 Å². The first-order valence-corrected chi connectivity index (χ1v) is 8.72. The second-order valence-corrected chi connectivity index (χ2v) is 6.82.